The number of carbonyl (C=O) groups is 1. The maximum atomic E-state index is 12.0. The fourth-order valence-electron chi connectivity index (χ4n) is 2.08. The van der Waals surface area contributed by atoms with Crippen LogP contribution in [0.25, 0.3) is 16.3 Å². The summed E-state index contributed by atoms with van der Waals surface area (Å²) in [6.45, 7) is 4.08. The van der Waals surface area contributed by atoms with E-state index in [1.807, 2.05) is 50.2 Å². The van der Waals surface area contributed by atoms with Crippen molar-refractivity contribution in [3.8, 4) is 0 Å². The fraction of sp³-hybridized carbons (Fsp3) is 0.111. The van der Waals surface area contributed by atoms with Crippen LogP contribution < -0.4 is 5.32 Å². The molecule has 1 amide bonds. The lowest BCUT2D eigenvalue weighted by atomic mass is 10.1. The van der Waals surface area contributed by atoms with Crippen molar-refractivity contribution in [1.82, 2.24) is 4.98 Å². The first-order chi connectivity index (χ1) is 10.6. The van der Waals surface area contributed by atoms with Crippen LogP contribution in [0.4, 0.5) is 5.13 Å². The lowest BCUT2D eigenvalue weighted by molar-refractivity contribution is -0.111. The Hall–Kier alpha value is -2.46. The molecule has 0 saturated carbocycles. The highest BCUT2D eigenvalue weighted by Gasteiger charge is 2.05. The van der Waals surface area contributed by atoms with Gasteiger partial charge in [-0.3, -0.25) is 10.1 Å². The first-order valence-electron chi connectivity index (χ1n) is 7.03. The van der Waals surface area contributed by atoms with Crippen LogP contribution in [0, 0.1) is 13.8 Å². The van der Waals surface area contributed by atoms with E-state index in [-0.39, 0.29) is 5.91 Å². The number of carbonyl (C=O) groups excluding carboxylic acids is 1. The molecule has 0 atom stereocenters. The summed E-state index contributed by atoms with van der Waals surface area (Å²) in [6, 6.07) is 14.1. The number of hydrogen-bond acceptors (Lipinski definition) is 3. The molecule has 0 radical (unpaired) electrons. The van der Waals surface area contributed by atoms with E-state index in [0.717, 1.165) is 15.8 Å². The standard InChI is InChI=1S/C18H16N2OS/c1-12-3-6-14(7-4-12)8-10-17(21)20-18-19-15-9-5-13(2)11-16(15)22-18/h3-11H,1-2H3,(H,19,20,21). The molecule has 0 aliphatic carbocycles. The molecule has 2 aromatic carbocycles. The molecular formula is C18H16N2OS. The van der Waals surface area contributed by atoms with Gasteiger partial charge in [0.1, 0.15) is 0 Å². The summed E-state index contributed by atoms with van der Waals surface area (Å²) >= 11 is 1.49. The molecule has 0 bridgehead atoms. The predicted octanol–water partition coefficient (Wildman–Crippen LogP) is 4.57. The van der Waals surface area contributed by atoms with Crippen molar-refractivity contribution >= 4 is 38.7 Å². The molecule has 1 N–H and O–H groups in total. The number of benzene rings is 2. The van der Waals surface area contributed by atoms with Crippen molar-refractivity contribution in [1.29, 1.82) is 0 Å². The third-order valence-electron chi connectivity index (χ3n) is 3.28. The minimum atomic E-state index is -0.170. The molecule has 0 fully saturated rings. The number of hydrogen-bond donors (Lipinski definition) is 1. The fourth-order valence-corrected chi connectivity index (χ4v) is 3.05. The zero-order chi connectivity index (χ0) is 15.5. The number of rotatable bonds is 3. The van der Waals surface area contributed by atoms with E-state index >= 15 is 0 Å². The van der Waals surface area contributed by atoms with Crippen molar-refractivity contribution in [3.63, 3.8) is 0 Å². The second kappa shape index (κ2) is 6.12. The average molecular weight is 308 g/mol. The quantitative estimate of drug-likeness (QED) is 0.720. The van der Waals surface area contributed by atoms with Crippen LogP contribution in [0.2, 0.25) is 0 Å². The van der Waals surface area contributed by atoms with Crippen molar-refractivity contribution in [2.45, 2.75) is 13.8 Å². The van der Waals surface area contributed by atoms with Crippen LogP contribution in [0.1, 0.15) is 16.7 Å². The van der Waals surface area contributed by atoms with Crippen molar-refractivity contribution < 1.29 is 4.79 Å². The largest absolute Gasteiger partial charge is 0.298 e. The Labute approximate surface area is 133 Å². The number of aryl methyl sites for hydroxylation is 2. The molecule has 0 unspecified atom stereocenters. The van der Waals surface area contributed by atoms with Gasteiger partial charge in [0.15, 0.2) is 5.13 Å². The predicted molar refractivity (Wildman–Crippen MR) is 93.2 cm³/mol. The third-order valence-corrected chi connectivity index (χ3v) is 4.21. The van der Waals surface area contributed by atoms with E-state index < -0.39 is 0 Å². The van der Waals surface area contributed by atoms with Gasteiger partial charge in [-0.1, -0.05) is 47.2 Å². The van der Waals surface area contributed by atoms with Crippen LogP contribution in [0.15, 0.2) is 48.5 Å². The van der Waals surface area contributed by atoms with Gasteiger partial charge in [0, 0.05) is 6.08 Å². The lowest BCUT2D eigenvalue weighted by Crippen LogP contribution is -2.07. The van der Waals surface area contributed by atoms with Gasteiger partial charge < -0.3 is 0 Å². The van der Waals surface area contributed by atoms with Gasteiger partial charge >= 0.3 is 0 Å². The van der Waals surface area contributed by atoms with Crippen molar-refractivity contribution in [2.24, 2.45) is 0 Å². The van der Waals surface area contributed by atoms with E-state index in [2.05, 4.69) is 16.4 Å². The van der Waals surface area contributed by atoms with Crippen LogP contribution >= 0.6 is 11.3 Å². The summed E-state index contributed by atoms with van der Waals surface area (Å²) in [5, 5.41) is 3.44. The minimum absolute atomic E-state index is 0.170. The lowest BCUT2D eigenvalue weighted by Gasteiger charge is -1.96. The van der Waals surface area contributed by atoms with Crippen LogP contribution in [0.3, 0.4) is 0 Å². The van der Waals surface area contributed by atoms with E-state index in [9.17, 15) is 4.79 Å². The normalized spacial score (nSPS) is 11.2. The number of aromatic nitrogens is 1. The Morgan fingerprint density at radius 3 is 2.59 bits per heavy atom. The Morgan fingerprint density at radius 1 is 1.09 bits per heavy atom. The van der Waals surface area contributed by atoms with Gasteiger partial charge in [-0.25, -0.2) is 4.98 Å². The molecule has 3 aromatic rings. The number of anilines is 1. The Morgan fingerprint density at radius 2 is 1.82 bits per heavy atom. The SMILES string of the molecule is Cc1ccc(C=CC(=O)Nc2nc3ccc(C)cc3s2)cc1. The van der Waals surface area contributed by atoms with Gasteiger partial charge in [0.2, 0.25) is 5.91 Å². The van der Waals surface area contributed by atoms with Crippen LogP contribution in [-0.4, -0.2) is 10.9 Å². The molecule has 3 nitrogen and oxygen atoms in total. The highest BCUT2D eigenvalue weighted by atomic mass is 32.1. The first kappa shape index (κ1) is 14.5. The molecular weight excluding hydrogens is 292 g/mol. The molecule has 22 heavy (non-hydrogen) atoms. The Balaban J connectivity index is 1.71. The summed E-state index contributed by atoms with van der Waals surface area (Å²) in [5.41, 5.74) is 4.30. The molecule has 4 heteroatoms. The van der Waals surface area contributed by atoms with E-state index in [4.69, 9.17) is 0 Å². The van der Waals surface area contributed by atoms with Crippen molar-refractivity contribution in [2.75, 3.05) is 5.32 Å². The van der Waals surface area contributed by atoms with E-state index in [1.54, 1.807) is 6.08 Å². The number of fused-ring (bicyclic) bond motifs is 1. The average Bonchev–Trinajstić information content (AvgIpc) is 2.88. The molecule has 0 aliphatic heterocycles. The Kier molecular flexibility index (Phi) is 4.02. The Bertz CT molecular complexity index is 847. The minimum Gasteiger partial charge on any atom is -0.298 e. The third kappa shape index (κ3) is 3.40. The zero-order valence-corrected chi connectivity index (χ0v) is 13.3. The molecule has 3 rings (SSSR count). The summed E-state index contributed by atoms with van der Waals surface area (Å²) in [6.07, 6.45) is 3.33. The maximum Gasteiger partial charge on any atom is 0.250 e. The topological polar surface area (TPSA) is 42.0 Å². The monoisotopic (exact) mass is 308 g/mol. The number of nitrogens with zero attached hydrogens (tertiary/aromatic N) is 1. The molecule has 1 aromatic heterocycles. The summed E-state index contributed by atoms with van der Waals surface area (Å²) in [7, 11) is 0. The van der Waals surface area contributed by atoms with Gasteiger partial charge in [-0.2, -0.15) is 0 Å². The second-order valence-corrected chi connectivity index (χ2v) is 6.25. The maximum absolute atomic E-state index is 12.0. The summed E-state index contributed by atoms with van der Waals surface area (Å²) in [4.78, 5) is 16.4. The summed E-state index contributed by atoms with van der Waals surface area (Å²) in [5.74, 6) is -0.170. The number of thiazole rings is 1. The van der Waals surface area contributed by atoms with Gasteiger partial charge in [0.25, 0.3) is 0 Å². The smallest absolute Gasteiger partial charge is 0.250 e. The zero-order valence-electron chi connectivity index (χ0n) is 12.5. The van der Waals surface area contributed by atoms with Crippen molar-refractivity contribution in [3.05, 3.63) is 65.2 Å². The van der Waals surface area contributed by atoms with E-state index in [0.29, 0.717) is 5.13 Å². The second-order valence-electron chi connectivity index (χ2n) is 5.22. The highest BCUT2D eigenvalue weighted by Crippen LogP contribution is 2.26. The van der Waals surface area contributed by atoms with Gasteiger partial charge in [-0.15, -0.1) is 0 Å². The van der Waals surface area contributed by atoms with Crippen LogP contribution in [0.5, 0.6) is 0 Å². The summed E-state index contributed by atoms with van der Waals surface area (Å²) < 4.78 is 1.08. The number of nitrogens with one attached hydrogen (secondary N) is 1. The van der Waals surface area contributed by atoms with E-state index in [1.165, 1.54) is 28.5 Å². The van der Waals surface area contributed by atoms with Gasteiger partial charge in [-0.05, 0) is 43.2 Å². The number of amides is 1. The molecule has 110 valence electrons. The molecule has 1 heterocycles. The first-order valence-corrected chi connectivity index (χ1v) is 7.85. The molecule has 0 saturated heterocycles. The highest BCUT2D eigenvalue weighted by molar-refractivity contribution is 7.22. The van der Waals surface area contributed by atoms with Crippen LogP contribution in [-0.2, 0) is 4.79 Å². The molecule has 0 spiro atoms. The van der Waals surface area contributed by atoms with Gasteiger partial charge in [0.05, 0.1) is 10.2 Å². The molecule has 0 aliphatic rings.